The van der Waals surface area contributed by atoms with Crippen LogP contribution in [0, 0.1) is 0 Å². The van der Waals surface area contributed by atoms with Crippen LogP contribution < -0.4 is 5.73 Å². The first kappa shape index (κ1) is 12.6. The molecule has 1 rings (SSSR count). The van der Waals surface area contributed by atoms with E-state index in [9.17, 15) is 4.79 Å². The summed E-state index contributed by atoms with van der Waals surface area (Å²) in [6.07, 6.45) is 3.40. The Kier molecular flexibility index (Phi) is 4.92. The Hall–Kier alpha value is -1.42. The number of esters is 1. The molecule has 0 aliphatic rings. The Labute approximate surface area is 95.8 Å². The first-order valence-electron chi connectivity index (χ1n) is 5.53. The molecule has 0 bridgehead atoms. The van der Waals surface area contributed by atoms with E-state index in [-0.39, 0.29) is 12.1 Å². The number of ether oxygens (including phenoxy) is 1. The van der Waals surface area contributed by atoms with Gasteiger partial charge in [-0.15, -0.1) is 0 Å². The number of pyridine rings is 1. The summed E-state index contributed by atoms with van der Waals surface area (Å²) in [6, 6.07) is 3.43. The van der Waals surface area contributed by atoms with E-state index in [0.29, 0.717) is 12.2 Å². The first-order chi connectivity index (χ1) is 7.67. The molecule has 16 heavy (non-hydrogen) atoms. The summed E-state index contributed by atoms with van der Waals surface area (Å²) in [5.41, 5.74) is 6.67. The van der Waals surface area contributed by atoms with Crippen LogP contribution in [0.5, 0.6) is 0 Å². The summed E-state index contributed by atoms with van der Waals surface area (Å²) < 4.78 is 5.22. The lowest BCUT2D eigenvalue weighted by molar-refractivity contribution is 0.0316. The molecule has 0 aliphatic heterocycles. The molecule has 0 fully saturated rings. The maximum absolute atomic E-state index is 11.6. The van der Waals surface area contributed by atoms with Crippen LogP contribution in [0.15, 0.2) is 18.3 Å². The zero-order valence-electron chi connectivity index (χ0n) is 9.77. The SMILES string of the molecule is CCCC(C)OC(=O)c1ccc(CN)cn1. The number of nitrogens with zero attached hydrogens (tertiary/aromatic N) is 1. The van der Waals surface area contributed by atoms with Gasteiger partial charge >= 0.3 is 5.97 Å². The molecule has 1 heterocycles. The molecular formula is C12H18N2O2. The summed E-state index contributed by atoms with van der Waals surface area (Å²) in [5.74, 6) is -0.371. The van der Waals surface area contributed by atoms with Gasteiger partial charge in [-0.05, 0) is 25.0 Å². The van der Waals surface area contributed by atoms with Gasteiger partial charge in [-0.2, -0.15) is 0 Å². The Morgan fingerprint density at radius 2 is 2.31 bits per heavy atom. The van der Waals surface area contributed by atoms with Crippen LogP contribution in [-0.2, 0) is 11.3 Å². The topological polar surface area (TPSA) is 65.2 Å². The van der Waals surface area contributed by atoms with Crippen molar-refractivity contribution in [2.75, 3.05) is 0 Å². The lowest BCUT2D eigenvalue weighted by Crippen LogP contribution is -2.16. The minimum absolute atomic E-state index is 0.0616. The largest absolute Gasteiger partial charge is 0.458 e. The fourth-order valence-corrected chi connectivity index (χ4v) is 1.37. The van der Waals surface area contributed by atoms with Crippen molar-refractivity contribution >= 4 is 5.97 Å². The predicted molar refractivity (Wildman–Crippen MR) is 61.9 cm³/mol. The molecule has 88 valence electrons. The normalized spacial score (nSPS) is 12.2. The van der Waals surface area contributed by atoms with Gasteiger partial charge in [0, 0.05) is 12.7 Å². The van der Waals surface area contributed by atoms with Crippen LogP contribution in [-0.4, -0.2) is 17.1 Å². The Morgan fingerprint density at radius 3 is 2.81 bits per heavy atom. The van der Waals surface area contributed by atoms with Crippen LogP contribution in [0.1, 0.15) is 42.7 Å². The fourth-order valence-electron chi connectivity index (χ4n) is 1.37. The van der Waals surface area contributed by atoms with Gasteiger partial charge < -0.3 is 10.5 Å². The quantitative estimate of drug-likeness (QED) is 0.772. The number of carbonyl (C=O) groups is 1. The second kappa shape index (κ2) is 6.23. The molecule has 4 heteroatoms. The molecule has 0 saturated carbocycles. The van der Waals surface area contributed by atoms with Gasteiger partial charge in [0.1, 0.15) is 5.69 Å². The average Bonchev–Trinajstić information content (AvgIpc) is 2.29. The second-order valence-electron chi connectivity index (χ2n) is 3.76. The highest BCUT2D eigenvalue weighted by atomic mass is 16.5. The summed E-state index contributed by atoms with van der Waals surface area (Å²) in [4.78, 5) is 15.6. The van der Waals surface area contributed by atoms with Crippen LogP contribution in [0.3, 0.4) is 0 Å². The number of hydrogen-bond donors (Lipinski definition) is 1. The predicted octanol–water partition coefficient (Wildman–Crippen LogP) is 1.89. The smallest absolute Gasteiger partial charge is 0.357 e. The number of hydrogen-bond acceptors (Lipinski definition) is 4. The first-order valence-corrected chi connectivity index (χ1v) is 5.53. The van der Waals surface area contributed by atoms with E-state index in [2.05, 4.69) is 11.9 Å². The highest BCUT2D eigenvalue weighted by Crippen LogP contribution is 2.06. The van der Waals surface area contributed by atoms with Gasteiger partial charge in [0.2, 0.25) is 0 Å². The van der Waals surface area contributed by atoms with Crippen LogP contribution in [0.4, 0.5) is 0 Å². The molecular weight excluding hydrogens is 204 g/mol. The van der Waals surface area contributed by atoms with Crippen LogP contribution >= 0.6 is 0 Å². The van der Waals surface area contributed by atoms with Gasteiger partial charge in [0.05, 0.1) is 6.10 Å². The monoisotopic (exact) mass is 222 g/mol. The molecule has 4 nitrogen and oxygen atoms in total. The third-order valence-electron chi connectivity index (χ3n) is 2.27. The van der Waals surface area contributed by atoms with E-state index in [1.807, 2.05) is 6.92 Å². The zero-order valence-corrected chi connectivity index (χ0v) is 9.77. The lowest BCUT2D eigenvalue weighted by atomic mass is 10.2. The van der Waals surface area contributed by atoms with Crippen molar-refractivity contribution in [1.29, 1.82) is 0 Å². The highest BCUT2D eigenvalue weighted by Gasteiger charge is 2.12. The van der Waals surface area contributed by atoms with Gasteiger partial charge in [0.15, 0.2) is 0 Å². The molecule has 1 atom stereocenters. The van der Waals surface area contributed by atoms with Crippen molar-refractivity contribution in [2.45, 2.75) is 39.3 Å². The molecule has 0 amide bonds. The average molecular weight is 222 g/mol. The van der Waals surface area contributed by atoms with Gasteiger partial charge in [-0.3, -0.25) is 0 Å². The zero-order chi connectivity index (χ0) is 12.0. The molecule has 0 aromatic carbocycles. The van der Waals surface area contributed by atoms with Crippen LogP contribution in [0.2, 0.25) is 0 Å². The third kappa shape index (κ3) is 3.62. The van der Waals surface area contributed by atoms with Crippen molar-refractivity contribution in [3.8, 4) is 0 Å². The van der Waals surface area contributed by atoms with Crippen molar-refractivity contribution in [3.05, 3.63) is 29.6 Å². The lowest BCUT2D eigenvalue weighted by Gasteiger charge is -2.11. The second-order valence-corrected chi connectivity index (χ2v) is 3.76. The maximum atomic E-state index is 11.6. The number of aromatic nitrogens is 1. The minimum atomic E-state index is -0.371. The van der Waals surface area contributed by atoms with E-state index in [1.54, 1.807) is 18.3 Å². The number of rotatable bonds is 5. The third-order valence-corrected chi connectivity index (χ3v) is 2.27. The number of nitrogens with two attached hydrogens (primary N) is 1. The number of carbonyl (C=O) groups excluding carboxylic acids is 1. The molecule has 0 spiro atoms. The maximum Gasteiger partial charge on any atom is 0.357 e. The molecule has 2 N–H and O–H groups in total. The van der Waals surface area contributed by atoms with E-state index in [0.717, 1.165) is 18.4 Å². The van der Waals surface area contributed by atoms with E-state index >= 15 is 0 Å². The summed E-state index contributed by atoms with van der Waals surface area (Å²) >= 11 is 0. The van der Waals surface area contributed by atoms with Crippen LogP contribution in [0.25, 0.3) is 0 Å². The Balaban J connectivity index is 2.59. The standard InChI is InChI=1S/C12H18N2O2/c1-3-4-9(2)16-12(15)11-6-5-10(7-13)8-14-11/h5-6,8-9H,3-4,7,13H2,1-2H3. The minimum Gasteiger partial charge on any atom is -0.458 e. The van der Waals surface area contributed by atoms with Crippen molar-refractivity contribution in [1.82, 2.24) is 4.98 Å². The summed E-state index contributed by atoms with van der Waals surface area (Å²) in [7, 11) is 0. The van der Waals surface area contributed by atoms with E-state index < -0.39 is 0 Å². The molecule has 1 aromatic rings. The molecule has 0 saturated heterocycles. The van der Waals surface area contributed by atoms with Crippen molar-refractivity contribution in [2.24, 2.45) is 5.73 Å². The van der Waals surface area contributed by atoms with Gasteiger partial charge in [-0.25, -0.2) is 9.78 Å². The van der Waals surface area contributed by atoms with Crippen molar-refractivity contribution in [3.63, 3.8) is 0 Å². The summed E-state index contributed by atoms with van der Waals surface area (Å²) in [6.45, 7) is 4.36. The molecule has 1 aromatic heterocycles. The molecule has 1 unspecified atom stereocenters. The Bertz CT molecular complexity index is 335. The van der Waals surface area contributed by atoms with Gasteiger partial charge in [-0.1, -0.05) is 19.4 Å². The summed E-state index contributed by atoms with van der Waals surface area (Å²) in [5, 5.41) is 0. The highest BCUT2D eigenvalue weighted by molar-refractivity contribution is 5.87. The Morgan fingerprint density at radius 1 is 1.56 bits per heavy atom. The van der Waals surface area contributed by atoms with E-state index in [1.165, 1.54) is 0 Å². The van der Waals surface area contributed by atoms with Gasteiger partial charge in [0.25, 0.3) is 0 Å². The molecule has 0 aliphatic carbocycles. The van der Waals surface area contributed by atoms with Crippen molar-refractivity contribution < 1.29 is 9.53 Å². The fraction of sp³-hybridized carbons (Fsp3) is 0.500. The van der Waals surface area contributed by atoms with E-state index in [4.69, 9.17) is 10.5 Å². The molecule has 0 radical (unpaired) electrons.